The van der Waals surface area contributed by atoms with Gasteiger partial charge in [0.15, 0.2) is 5.13 Å². The van der Waals surface area contributed by atoms with Gasteiger partial charge in [-0.3, -0.25) is 4.79 Å². The van der Waals surface area contributed by atoms with E-state index in [1.54, 1.807) is 18.4 Å². The van der Waals surface area contributed by atoms with Crippen molar-refractivity contribution in [2.45, 2.75) is 26.7 Å². The summed E-state index contributed by atoms with van der Waals surface area (Å²) in [5.74, 6) is 0.840. The fourth-order valence-electron chi connectivity index (χ4n) is 2.56. The third-order valence-corrected chi connectivity index (χ3v) is 4.51. The molecule has 1 N–H and O–H groups in total. The Kier molecular flexibility index (Phi) is 3.22. The number of nitrogens with zero attached hydrogens (tertiary/aromatic N) is 1. The van der Waals surface area contributed by atoms with Gasteiger partial charge in [0, 0.05) is 17.4 Å². The van der Waals surface area contributed by atoms with E-state index >= 15 is 0 Å². The lowest BCUT2D eigenvalue weighted by Gasteiger charge is -2.17. The van der Waals surface area contributed by atoms with Gasteiger partial charge in [0.05, 0.1) is 12.8 Å². The number of amides is 1. The van der Waals surface area contributed by atoms with E-state index in [-0.39, 0.29) is 5.91 Å². The van der Waals surface area contributed by atoms with Crippen LogP contribution >= 0.6 is 11.3 Å². The highest BCUT2D eigenvalue weighted by atomic mass is 32.1. The highest BCUT2D eigenvalue weighted by Gasteiger charge is 2.22. The first-order valence-corrected chi connectivity index (χ1v) is 7.35. The van der Waals surface area contributed by atoms with Crippen molar-refractivity contribution in [1.82, 2.24) is 4.98 Å². The molecule has 104 valence electrons. The van der Waals surface area contributed by atoms with E-state index in [9.17, 15) is 4.79 Å². The lowest BCUT2D eigenvalue weighted by atomic mass is 9.91. The number of nitrogens with one attached hydrogen (secondary N) is 1. The third kappa shape index (κ3) is 2.18. The predicted octanol–water partition coefficient (Wildman–Crippen LogP) is 3.18. The van der Waals surface area contributed by atoms with E-state index in [0.717, 1.165) is 35.4 Å². The normalized spacial score (nSPS) is 12.6. The van der Waals surface area contributed by atoms with Crippen molar-refractivity contribution in [2.24, 2.45) is 0 Å². The molecule has 5 heteroatoms. The van der Waals surface area contributed by atoms with Crippen LogP contribution in [-0.4, -0.2) is 18.0 Å². The molecule has 0 saturated carbocycles. The Morgan fingerprint density at radius 2 is 2.20 bits per heavy atom. The van der Waals surface area contributed by atoms with E-state index in [0.29, 0.717) is 5.13 Å². The summed E-state index contributed by atoms with van der Waals surface area (Å²) in [5, 5.41) is 3.46. The topological polar surface area (TPSA) is 51.2 Å². The van der Waals surface area contributed by atoms with Crippen LogP contribution in [0.3, 0.4) is 0 Å². The maximum absolute atomic E-state index is 11.1. The second-order valence-corrected chi connectivity index (χ2v) is 6.03. The van der Waals surface area contributed by atoms with Gasteiger partial charge >= 0.3 is 0 Å². The molecule has 1 heterocycles. The van der Waals surface area contributed by atoms with E-state index < -0.39 is 0 Å². The van der Waals surface area contributed by atoms with E-state index in [2.05, 4.69) is 22.4 Å². The van der Waals surface area contributed by atoms with Crippen molar-refractivity contribution in [2.75, 3.05) is 12.4 Å². The standard InChI is InChI=1S/C15H16N2O2S/c1-8-6-11-10(7-12(8)19-3)4-5-13-14(11)17-15(20-13)16-9(2)18/h6-7H,4-5H2,1-3H3,(H,16,17,18). The number of thiazole rings is 1. The summed E-state index contributed by atoms with van der Waals surface area (Å²) in [6.07, 6.45) is 1.95. The minimum absolute atomic E-state index is 0.0813. The smallest absolute Gasteiger partial charge is 0.223 e. The molecule has 0 fully saturated rings. The van der Waals surface area contributed by atoms with Crippen LogP contribution < -0.4 is 10.1 Å². The maximum Gasteiger partial charge on any atom is 0.223 e. The zero-order valence-electron chi connectivity index (χ0n) is 11.7. The average molecular weight is 288 g/mol. The van der Waals surface area contributed by atoms with Crippen molar-refractivity contribution < 1.29 is 9.53 Å². The largest absolute Gasteiger partial charge is 0.496 e. The van der Waals surface area contributed by atoms with Gasteiger partial charge in [-0.05, 0) is 43.0 Å². The Bertz CT molecular complexity index is 691. The molecule has 1 amide bonds. The zero-order valence-corrected chi connectivity index (χ0v) is 12.6. The summed E-state index contributed by atoms with van der Waals surface area (Å²) in [6.45, 7) is 3.54. The van der Waals surface area contributed by atoms with Gasteiger partial charge in [0.2, 0.25) is 5.91 Å². The summed E-state index contributed by atoms with van der Waals surface area (Å²) < 4.78 is 5.38. The molecule has 20 heavy (non-hydrogen) atoms. The molecular weight excluding hydrogens is 272 g/mol. The van der Waals surface area contributed by atoms with E-state index in [1.807, 2.05) is 6.92 Å². The summed E-state index contributed by atoms with van der Waals surface area (Å²) in [7, 11) is 1.70. The molecule has 0 atom stereocenters. The van der Waals surface area contributed by atoms with Crippen molar-refractivity contribution in [3.8, 4) is 17.0 Å². The fraction of sp³-hybridized carbons (Fsp3) is 0.333. The molecule has 0 bridgehead atoms. The van der Waals surface area contributed by atoms with Gasteiger partial charge in [-0.2, -0.15) is 0 Å². The first-order chi connectivity index (χ1) is 9.58. The molecule has 1 aliphatic carbocycles. The monoisotopic (exact) mass is 288 g/mol. The Hall–Kier alpha value is -1.88. The minimum atomic E-state index is -0.0813. The van der Waals surface area contributed by atoms with Gasteiger partial charge in [0.25, 0.3) is 0 Å². The number of fused-ring (bicyclic) bond motifs is 3. The Balaban J connectivity index is 2.08. The Labute approximate surface area is 121 Å². The molecule has 0 unspecified atom stereocenters. The van der Waals surface area contributed by atoms with Crippen LogP contribution in [0, 0.1) is 6.92 Å². The molecule has 0 aliphatic heterocycles. The minimum Gasteiger partial charge on any atom is -0.496 e. The number of benzene rings is 1. The zero-order chi connectivity index (χ0) is 14.3. The van der Waals surface area contributed by atoms with Crippen LogP contribution in [0.4, 0.5) is 5.13 Å². The van der Waals surface area contributed by atoms with Crippen molar-refractivity contribution in [3.05, 3.63) is 28.1 Å². The number of methoxy groups -OCH3 is 1. The maximum atomic E-state index is 11.1. The summed E-state index contributed by atoms with van der Waals surface area (Å²) in [4.78, 5) is 17.0. The van der Waals surface area contributed by atoms with Gasteiger partial charge in [-0.15, -0.1) is 11.3 Å². The first-order valence-electron chi connectivity index (χ1n) is 6.53. The van der Waals surface area contributed by atoms with Gasteiger partial charge in [-0.1, -0.05) is 0 Å². The first kappa shape index (κ1) is 13.1. The number of rotatable bonds is 2. The van der Waals surface area contributed by atoms with E-state index in [1.165, 1.54) is 17.4 Å². The molecule has 2 aromatic rings. The third-order valence-electron chi connectivity index (χ3n) is 3.48. The van der Waals surface area contributed by atoms with Crippen LogP contribution in [0.5, 0.6) is 5.75 Å². The number of anilines is 1. The number of carbonyl (C=O) groups is 1. The molecular formula is C15H16N2O2S. The molecule has 4 nitrogen and oxygen atoms in total. The van der Waals surface area contributed by atoms with Gasteiger partial charge < -0.3 is 10.1 Å². The summed E-state index contributed by atoms with van der Waals surface area (Å²) in [5.41, 5.74) is 4.54. The molecule has 3 rings (SSSR count). The van der Waals surface area contributed by atoms with Crippen LogP contribution in [0.15, 0.2) is 12.1 Å². The van der Waals surface area contributed by atoms with Crippen molar-refractivity contribution >= 4 is 22.4 Å². The van der Waals surface area contributed by atoms with Gasteiger partial charge in [-0.25, -0.2) is 4.98 Å². The lowest BCUT2D eigenvalue weighted by Crippen LogP contribution is -2.05. The second-order valence-electron chi connectivity index (χ2n) is 4.95. The number of aromatic nitrogens is 1. The van der Waals surface area contributed by atoms with Gasteiger partial charge in [0.1, 0.15) is 5.75 Å². The molecule has 1 aromatic heterocycles. The number of hydrogen-bond donors (Lipinski definition) is 1. The quantitative estimate of drug-likeness (QED) is 0.923. The Morgan fingerprint density at radius 1 is 1.40 bits per heavy atom. The molecule has 0 saturated heterocycles. The molecule has 1 aromatic carbocycles. The predicted molar refractivity (Wildman–Crippen MR) is 80.6 cm³/mol. The van der Waals surface area contributed by atoms with Crippen LogP contribution in [-0.2, 0) is 17.6 Å². The Morgan fingerprint density at radius 3 is 2.90 bits per heavy atom. The lowest BCUT2D eigenvalue weighted by molar-refractivity contribution is -0.114. The summed E-state index contributed by atoms with van der Waals surface area (Å²) in [6, 6.07) is 4.23. The SMILES string of the molecule is COc1cc2c(cc1C)-c1nc(NC(C)=O)sc1CC2. The average Bonchev–Trinajstić information content (AvgIpc) is 2.80. The number of ether oxygens (including phenoxy) is 1. The van der Waals surface area contributed by atoms with E-state index in [4.69, 9.17) is 4.74 Å². The second kappa shape index (κ2) is 4.90. The summed E-state index contributed by atoms with van der Waals surface area (Å²) >= 11 is 1.57. The van der Waals surface area contributed by atoms with Crippen molar-refractivity contribution in [1.29, 1.82) is 0 Å². The van der Waals surface area contributed by atoms with Crippen LogP contribution in [0.25, 0.3) is 11.3 Å². The number of aryl methyl sites for hydroxylation is 3. The highest BCUT2D eigenvalue weighted by Crippen LogP contribution is 2.40. The molecule has 0 spiro atoms. The number of hydrogen-bond acceptors (Lipinski definition) is 4. The highest BCUT2D eigenvalue weighted by molar-refractivity contribution is 7.16. The molecule has 0 radical (unpaired) electrons. The van der Waals surface area contributed by atoms with Crippen LogP contribution in [0.1, 0.15) is 22.9 Å². The molecule has 1 aliphatic rings. The van der Waals surface area contributed by atoms with Crippen LogP contribution in [0.2, 0.25) is 0 Å². The fourth-order valence-corrected chi connectivity index (χ4v) is 3.58. The number of carbonyl (C=O) groups excluding carboxylic acids is 1. The van der Waals surface area contributed by atoms with Crippen molar-refractivity contribution in [3.63, 3.8) is 0 Å².